The molecule has 2 saturated carbocycles. The normalized spacial score (nSPS) is 22.8. The largest absolute Gasteiger partial charge is 0.444 e. The van der Waals surface area contributed by atoms with E-state index in [-0.39, 0.29) is 12.1 Å². The van der Waals surface area contributed by atoms with Gasteiger partial charge in [0.2, 0.25) is 0 Å². The zero-order valence-electron chi connectivity index (χ0n) is 18.1. The fourth-order valence-electron chi connectivity index (χ4n) is 4.42. The molecule has 29 heavy (non-hydrogen) atoms. The number of nitrogens with one attached hydrogen (secondary N) is 2. The van der Waals surface area contributed by atoms with Crippen molar-refractivity contribution in [3.63, 3.8) is 0 Å². The van der Waals surface area contributed by atoms with E-state index < -0.39 is 29.9 Å². The van der Waals surface area contributed by atoms with E-state index in [9.17, 15) is 9.59 Å². The van der Waals surface area contributed by atoms with Gasteiger partial charge in [-0.05, 0) is 52.5 Å². The molecule has 0 saturated heterocycles. The molecule has 2 atom stereocenters. The highest BCUT2D eigenvalue weighted by Gasteiger charge is 2.42. The molecular weight excluding hydrogens is 372 g/mol. The van der Waals surface area contributed by atoms with Crippen LogP contribution in [-0.4, -0.2) is 48.6 Å². The summed E-state index contributed by atoms with van der Waals surface area (Å²) < 4.78 is 11.2. The van der Waals surface area contributed by atoms with Crippen molar-refractivity contribution >= 4 is 12.2 Å². The summed E-state index contributed by atoms with van der Waals surface area (Å²) in [5.41, 5.74) is 11.3. The van der Waals surface area contributed by atoms with Crippen LogP contribution < -0.4 is 22.1 Å². The molecule has 2 aliphatic carbocycles. The van der Waals surface area contributed by atoms with Crippen LogP contribution in [0.1, 0.15) is 84.5 Å². The van der Waals surface area contributed by atoms with Gasteiger partial charge < -0.3 is 31.6 Å². The number of carbonyl (C=O) groups is 2. The monoisotopic (exact) mass is 412 g/mol. The Kier molecular flexibility index (Phi) is 9.49. The van der Waals surface area contributed by atoms with Gasteiger partial charge in [0.05, 0.1) is 5.54 Å². The van der Waals surface area contributed by atoms with Crippen LogP contribution in [0.4, 0.5) is 9.59 Å². The van der Waals surface area contributed by atoms with Gasteiger partial charge in [-0.1, -0.05) is 38.5 Å². The van der Waals surface area contributed by atoms with Gasteiger partial charge in [0.1, 0.15) is 12.2 Å². The SMILES string of the molecule is CC(OC(=O)NC1CCCCC1)C(N)(CCN)C(C)OC(=O)NC1CCCCC1. The van der Waals surface area contributed by atoms with Crippen LogP contribution in [-0.2, 0) is 9.47 Å². The first-order valence-electron chi connectivity index (χ1n) is 11.3. The summed E-state index contributed by atoms with van der Waals surface area (Å²) >= 11 is 0. The van der Waals surface area contributed by atoms with Crippen molar-refractivity contribution in [2.45, 2.75) is 114 Å². The molecule has 8 heteroatoms. The van der Waals surface area contributed by atoms with E-state index in [1.807, 2.05) is 0 Å². The molecule has 2 rings (SSSR count). The highest BCUT2D eigenvalue weighted by molar-refractivity contribution is 5.68. The zero-order valence-corrected chi connectivity index (χ0v) is 18.1. The molecule has 0 aromatic rings. The average Bonchev–Trinajstić information content (AvgIpc) is 2.69. The Balaban J connectivity index is 1.88. The van der Waals surface area contributed by atoms with Crippen molar-refractivity contribution in [3.05, 3.63) is 0 Å². The van der Waals surface area contributed by atoms with Crippen molar-refractivity contribution in [1.29, 1.82) is 0 Å². The number of nitrogens with two attached hydrogens (primary N) is 2. The van der Waals surface area contributed by atoms with Gasteiger partial charge >= 0.3 is 12.2 Å². The molecule has 2 amide bonds. The second kappa shape index (κ2) is 11.6. The molecule has 6 N–H and O–H groups in total. The highest BCUT2D eigenvalue weighted by atomic mass is 16.6. The van der Waals surface area contributed by atoms with Crippen LogP contribution in [0.25, 0.3) is 0 Å². The summed E-state index contributed by atoms with van der Waals surface area (Å²) in [6.07, 6.45) is 8.89. The summed E-state index contributed by atoms with van der Waals surface area (Å²) in [7, 11) is 0. The summed E-state index contributed by atoms with van der Waals surface area (Å²) in [4.78, 5) is 24.7. The lowest BCUT2D eigenvalue weighted by Gasteiger charge is -2.39. The molecule has 2 unspecified atom stereocenters. The highest BCUT2D eigenvalue weighted by Crippen LogP contribution is 2.24. The fourth-order valence-corrected chi connectivity index (χ4v) is 4.42. The smallest absolute Gasteiger partial charge is 0.407 e. The number of alkyl carbamates (subject to hydrolysis) is 2. The van der Waals surface area contributed by atoms with Gasteiger partial charge in [-0.3, -0.25) is 0 Å². The van der Waals surface area contributed by atoms with Crippen molar-refractivity contribution in [2.75, 3.05) is 6.54 Å². The molecule has 168 valence electrons. The first kappa shape index (κ1) is 23.7. The van der Waals surface area contributed by atoms with Crippen LogP contribution in [0.3, 0.4) is 0 Å². The van der Waals surface area contributed by atoms with E-state index in [1.165, 1.54) is 12.8 Å². The lowest BCUT2D eigenvalue weighted by molar-refractivity contribution is -0.0181. The first-order valence-corrected chi connectivity index (χ1v) is 11.3. The van der Waals surface area contributed by atoms with Crippen molar-refractivity contribution < 1.29 is 19.1 Å². The van der Waals surface area contributed by atoms with Crippen molar-refractivity contribution in [2.24, 2.45) is 11.5 Å². The quantitative estimate of drug-likeness (QED) is 0.485. The molecule has 8 nitrogen and oxygen atoms in total. The van der Waals surface area contributed by atoms with Gasteiger partial charge in [0.25, 0.3) is 0 Å². The topological polar surface area (TPSA) is 129 Å². The number of ether oxygens (including phenoxy) is 2. The Labute approximate surface area is 174 Å². The molecule has 0 radical (unpaired) electrons. The molecule has 2 aliphatic rings. The van der Waals surface area contributed by atoms with Crippen molar-refractivity contribution in [3.8, 4) is 0 Å². The summed E-state index contributed by atoms with van der Waals surface area (Å²) in [6.45, 7) is 3.76. The fraction of sp³-hybridized carbons (Fsp3) is 0.905. The number of rotatable bonds is 8. The van der Waals surface area contributed by atoms with E-state index in [0.29, 0.717) is 13.0 Å². The Morgan fingerprint density at radius 3 is 1.59 bits per heavy atom. The Hall–Kier alpha value is -1.54. The average molecular weight is 413 g/mol. The summed E-state index contributed by atoms with van der Waals surface area (Å²) in [5, 5.41) is 5.86. The Morgan fingerprint density at radius 1 is 0.862 bits per heavy atom. The maximum atomic E-state index is 12.3. The Bertz CT molecular complexity index is 479. The summed E-state index contributed by atoms with van der Waals surface area (Å²) in [5.74, 6) is 0. The minimum atomic E-state index is -1.07. The molecule has 0 spiro atoms. The maximum Gasteiger partial charge on any atom is 0.407 e. The zero-order chi connectivity index (χ0) is 21.3. The number of hydrogen-bond donors (Lipinski definition) is 4. The second-order valence-electron chi connectivity index (χ2n) is 8.70. The molecule has 0 heterocycles. The van der Waals surface area contributed by atoms with Gasteiger partial charge in [0, 0.05) is 12.1 Å². The van der Waals surface area contributed by atoms with Gasteiger partial charge in [-0.25, -0.2) is 9.59 Å². The van der Waals surface area contributed by atoms with Gasteiger partial charge in [-0.2, -0.15) is 0 Å². The lowest BCUT2D eigenvalue weighted by Crippen LogP contribution is -2.62. The summed E-state index contributed by atoms with van der Waals surface area (Å²) in [6, 6.07) is 0.306. The lowest BCUT2D eigenvalue weighted by atomic mass is 9.85. The Morgan fingerprint density at radius 2 is 1.24 bits per heavy atom. The van der Waals surface area contributed by atoms with Crippen LogP contribution in [0, 0.1) is 0 Å². The predicted molar refractivity (Wildman–Crippen MR) is 112 cm³/mol. The number of hydrogen-bond acceptors (Lipinski definition) is 6. The molecule has 0 bridgehead atoms. The standard InChI is InChI=1S/C21H40N4O4/c1-15(28-19(26)24-17-9-5-3-6-10-17)21(23,13-14-22)16(2)29-20(27)25-18-11-7-4-8-12-18/h15-18H,3-14,22-23H2,1-2H3,(H,24,26)(H,25,27). The van der Waals surface area contributed by atoms with E-state index in [4.69, 9.17) is 20.9 Å². The molecule has 0 aliphatic heterocycles. The van der Waals surface area contributed by atoms with E-state index in [2.05, 4.69) is 10.6 Å². The maximum absolute atomic E-state index is 12.3. The minimum absolute atomic E-state index is 0.153. The molecule has 0 aromatic carbocycles. The van der Waals surface area contributed by atoms with E-state index >= 15 is 0 Å². The molecular formula is C21H40N4O4. The minimum Gasteiger partial charge on any atom is -0.444 e. The van der Waals surface area contributed by atoms with E-state index in [0.717, 1.165) is 51.4 Å². The second-order valence-corrected chi connectivity index (χ2v) is 8.70. The first-order chi connectivity index (χ1) is 13.8. The van der Waals surface area contributed by atoms with Gasteiger partial charge in [0.15, 0.2) is 0 Å². The number of carbonyl (C=O) groups excluding carboxylic acids is 2. The van der Waals surface area contributed by atoms with Crippen LogP contribution in [0.5, 0.6) is 0 Å². The predicted octanol–water partition coefficient (Wildman–Crippen LogP) is 2.93. The number of amides is 2. The van der Waals surface area contributed by atoms with Gasteiger partial charge in [-0.15, -0.1) is 0 Å². The van der Waals surface area contributed by atoms with Crippen LogP contribution in [0.2, 0.25) is 0 Å². The molecule has 2 fully saturated rings. The molecule has 0 aromatic heterocycles. The third-order valence-corrected chi connectivity index (χ3v) is 6.51. The van der Waals surface area contributed by atoms with E-state index in [1.54, 1.807) is 13.8 Å². The third kappa shape index (κ3) is 7.33. The third-order valence-electron chi connectivity index (χ3n) is 6.51. The van der Waals surface area contributed by atoms with Crippen LogP contribution >= 0.6 is 0 Å². The van der Waals surface area contributed by atoms with Crippen LogP contribution in [0.15, 0.2) is 0 Å². The van der Waals surface area contributed by atoms with Crippen molar-refractivity contribution in [1.82, 2.24) is 10.6 Å².